The van der Waals surface area contributed by atoms with Crippen molar-refractivity contribution in [2.45, 2.75) is 71.0 Å². The topological polar surface area (TPSA) is 64.3 Å². The van der Waals surface area contributed by atoms with E-state index in [1.165, 1.54) is 32.1 Å². The van der Waals surface area contributed by atoms with Crippen molar-refractivity contribution in [1.29, 1.82) is 0 Å². The number of hydrogen-bond donors (Lipinski definition) is 2. The lowest BCUT2D eigenvalue weighted by Gasteiger charge is -2.30. The summed E-state index contributed by atoms with van der Waals surface area (Å²) < 4.78 is 6.00. The first-order valence-corrected chi connectivity index (χ1v) is 6.80. The Hall–Kier alpha value is -0.610. The predicted octanol–water partition coefficient (Wildman–Crippen LogP) is 2.13. The first-order chi connectivity index (χ1) is 8.15. The van der Waals surface area contributed by atoms with E-state index in [-0.39, 0.29) is 12.0 Å². The second-order valence-corrected chi connectivity index (χ2v) is 5.12. The molecule has 100 valence electrons. The summed E-state index contributed by atoms with van der Waals surface area (Å²) in [6, 6.07) is 0. The molecule has 0 heterocycles. The van der Waals surface area contributed by atoms with Crippen LogP contribution in [-0.2, 0) is 9.53 Å². The number of hydrazine groups is 1. The molecule has 1 rings (SSSR count). The zero-order valence-electron chi connectivity index (χ0n) is 11.1. The van der Waals surface area contributed by atoms with E-state index in [9.17, 15) is 4.79 Å². The summed E-state index contributed by atoms with van der Waals surface area (Å²) in [5.41, 5.74) is 2.15. The molecule has 4 heteroatoms. The quantitative estimate of drug-likeness (QED) is 0.426. The molecule has 0 aliphatic heterocycles. The minimum atomic E-state index is -0.115. The molecule has 0 radical (unpaired) electrons. The normalized spacial score (nSPS) is 26.5. The van der Waals surface area contributed by atoms with E-state index in [1.54, 1.807) is 0 Å². The molecule has 1 aliphatic rings. The predicted molar refractivity (Wildman–Crippen MR) is 68.1 cm³/mol. The Labute approximate surface area is 104 Å². The van der Waals surface area contributed by atoms with Crippen LogP contribution in [-0.4, -0.2) is 18.1 Å². The summed E-state index contributed by atoms with van der Waals surface area (Å²) in [6.45, 7) is 4.29. The Morgan fingerprint density at radius 1 is 1.53 bits per heavy atom. The van der Waals surface area contributed by atoms with Crippen LogP contribution in [0, 0.1) is 5.92 Å². The van der Waals surface area contributed by atoms with Gasteiger partial charge in [0.15, 0.2) is 0 Å². The molecular weight excluding hydrogens is 216 g/mol. The third kappa shape index (κ3) is 5.50. The van der Waals surface area contributed by atoms with Gasteiger partial charge in [-0.3, -0.25) is 10.2 Å². The lowest BCUT2D eigenvalue weighted by atomic mass is 9.85. The number of nitrogens with one attached hydrogen (secondary N) is 1. The zero-order valence-corrected chi connectivity index (χ0v) is 11.1. The molecule has 0 aromatic carbocycles. The largest absolute Gasteiger partial charge is 0.375 e. The molecule has 1 amide bonds. The summed E-state index contributed by atoms with van der Waals surface area (Å²) in [4.78, 5) is 11.0. The molecule has 3 unspecified atom stereocenters. The number of nitrogens with two attached hydrogens (primary N) is 1. The van der Waals surface area contributed by atoms with Crippen molar-refractivity contribution in [3.8, 4) is 0 Å². The van der Waals surface area contributed by atoms with Gasteiger partial charge < -0.3 is 4.74 Å². The van der Waals surface area contributed by atoms with Crippen molar-refractivity contribution in [3.05, 3.63) is 0 Å². The van der Waals surface area contributed by atoms with Gasteiger partial charge in [-0.2, -0.15) is 0 Å². The molecular formula is C13H26N2O2. The summed E-state index contributed by atoms with van der Waals surface area (Å²) in [5.74, 6) is 5.75. The highest BCUT2D eigenvalue weighted by Gasteiger charge is 2.22. The second-order valence-electron chi connectivity index (χ2n) is 5.12. The Morgan fingerprint density at radius 3 is 2.94 bits per heavy atom. The maximum absolute atomic E-state index is 11.0. The number of carbonyl (C=O) groups is 1. The van der Waals surface area contributed by atoms with Gasteiger partial charge in [-0.25, -0.2) is 5.84 Å². The molecule has 1 saturated carbocycles. The van der Waals surface area contributed by atoms with Gasteiger partial charge in [-0.1, -0.05) is 26.2 Å². The minimum absolute atomic E-state index is 0.115. The molecule has 4 nitrogen and oxygen atoms in total. The first kappa shape index (κ1) is 14.5. The van der Waals surface area contributed by atoms with E-state index in [1.807, 2.05) is 6.92 Å². The van der Waals surface area contributed by atoms with Crippen LogP contribution in [0.2, 0.25) is 0 Å². The van der Waals surface area contributed by atoms with Crippen LogP contribution in [0.15, 0.2) is 0 Å². The van der Waals surface area contributed by atoms with Crippen LogP contribution < -0.4 is 11.3 Å². The summed E-state index contributed by atoms with van der Waals surface area (Å²) in [5, 5.41) is 0. The van der Waals surface area contributed by atoms with Crippen molar-refractivity contribution < 1.29 is 9.53 Å². The van der Waals surface area contributed by atoms with Crippen LogP contribution in [0.1, 0.15) is 58.8 Å². The highest BCUT2D eigenvalue weighted by molar-refractivity contribution is 5.75. The first-order valence-electron chi connectivity index (χ1n) is 6.80. The second kappa shape index (κ2) is 7.67. The van der Waals surface area contributed by atoms with Crippen LogP contribution in [0.25, 0.3) is 0 Å². The maximum atomic E-state index is 11.0. The van der Waals surface area contributed by atoms with Gasteiger partial charge in [0.1, 0.15) is 0 Å². The number of hydrogen-bond acceptors (Lipinski definition) is 3. The van der Waals surface area contributed by atoms with E-state index in [0.717, 1.165) is 12.3 Å². The Balaban J connectivity index is 2.20. The van der Waals surface area contributed by atoms with E-state index < -0.39 is 0 Å². The van der Waals surface area contributed by atoms with Gasteiger partial charge in [-0.05, 0) is 32.1 Å². The molecule has 1 aliphatic carbocycles. The summed E-state index contributed by atoms with van der Waals surface area (Å²) >= 11 is 0. The van der Waals surface area contributed by atoms with Gasteiger partial charge in [0.25, 0.3) is 0 Å². The smallest absolute Gasteiger partial charge is 0.233 e. The van der Waals surface area contributed by atoms with Gasteiger partial charge in [0.05, 0.1) is 12.2 Å². The van der Waals surface area contributed by atoms with Gasteiger partial charge in [-0.15, -0.1) is 0 Å². The number of ether oxygens (including phenoxy) is 1. The van der Waals surface area contributed by atoms with E-state index in [2.05, 4.69) is 12.3 Å². The van der Waals surface area contributed by atoms with Crippen LogP contribution in [0.3, 0.4) is 0 Å². The third-order valence-electron chi connectivity index (χ3n) is 3.68. The van der Waals surface area contributed by atoms with Crippen LogP contribution >= 0.6 is 0 Å². The fourth-order valence-electron chi connectivity index (χ4n) is 2.54. The SMILES string of the molecule is CCC1CCCC(OC(C)CCC(=O)NN)C1. The molecule has 17 heavy (non-hydrogen) atoms. The van der Waals surface area contributed by atoms with Gasteiger partial charge in [0, 0.05) is 6.42 Å². The monoisotopic (exact) mass is 242 g/mol. The molecule has 0 spiro atoms. The van der Waals surface area contributed by atoms with Crippen molar-refractivity contribution >= 4 is 5.91 Å². The molecule has 0 bridgehead atoms. The van der Waals surface area contributed by atoms with Crippen LogP contribution in [0.5, 0.6) is 0 Å². The van der Waals surface area contributed by atoms with Crippen molar-refractivity contribution in [3.63, 3.8) is 0 Å². The zero-order chi connectivity index (χ0) is 12.7. The number of amides is 1. The average molecular weight is 242 g/mol. The average Bonchev–Trinajstić information content (AvgIpc) is 2.36. The van der Waals surface area contributed by atoms with Gasteiger partial charge >= 0.3 is 0 Å². The molecule has 3 N–H and O–H groups in total. The van der Waals surface area contributed by atoms with Gasteiger partial charge in [0.2, 0.25) is 5.91 Å². The van der Waals surface area contributed by atoms with E-state index in [0.29, 0.717) is 12.5 Å². The summed E-state index contributed by atoms with van der Waals surface area (Å²) in [6.07, 6.45) is 7.97. The Kier molecular flexibility index (Phi) is 6.52. The number of carbonyl (C=O) groups excluding carboxylic acids is 1. The van der Waals surface area contributed by atoms with Crippen molar-refractivity contribution in [2.24, 2.45) is 11.8 Å². The molecule has 0 aromatic rings. The van der Waals surface area contributed by atoms with E-state index in [4.69, 9.17) is 10.6 Å². The Morgan fingerprint density at radius 2 is 2.29 bits per heavy atom. The molecule has 3 atom stereocenters. The standard InChI is InChI=1S/C13H26N2O2/c1-3-11-5-4-6-12(9-11)17-10(2)7-8-13(16)15-14/h10-12H,3-9,14H2,1-2H3,(H,15,16). The lowest BCUT2D eigenvalue weighted by molar-refractivity contribution is -0.122. The third-order valence-corrected chi connectivity index (χ3v) is 3.68. The Bertz CT molecular complexity index is 233. The van der Waals surface area contributed by atoms with Crippen molar-refractivity contribution in [1.82, 2.24) is 5.43 Å². The maximum Gasteiger partial charge on any atom is 0.233 e. The molecule has 1 fully saturated rings. The molecule has 0 aromatic heterocycles. The van der Waals surface area contributed by atoms with Crippen molar-refractivity contribution in [2.75, 3.05) is 0 Å². The fraction of sp³-hybridized carbons (Fsp3) is 0.923. The lowest BCUT2D eigenvalue weighted by Crippen LogP contribution is -2.31. The number of rotatable bonds is 6. The molecule has 0 saturated heterocycles. The van der Waals surface area contributed by atoms with Crippen LogP contribution in [0.4, 0.5) is 0 Å². The summed E-state index contributed by atoms with van der Waals surface area (Å²) in [7, 11) is 0. The van der Waals surface area contributed by atoms with E-state index >= 15 is 0 Å². The fourth-order valence-corrected chi connectivity index (χ4v) is 2.54. The minimum Gasteiger partial charge on any atom is -0.375 e. The highest BCUT2D eigenvalue weighted by Crippen LogP contribution is 2.29. The highest BCUT2D eigenvalue weighted by atomic mass is 16.5.